The highest BCUT2D eigenvalue weighted by atomic mass is 19.1. The van der Waals surface area contributed by atoms with Gasteiger partial charge in [0.15, 0.2) is 5.76 Å². The largest absolute Gasteiger partial charge is 0.365 e. The second kappa shape index (κ2) is 10.5. The second-order valence-electron chi connectivity index (χ2n) is 7.75. The minimum Gasteiger partial charge on any atom is -0.365 e. The minimum atomic E-state index is -0.303. The summed E-state index contributed by atoms with van der Waals surface area (Å²) in [5.74, 6) is 0.101. The van der Waals surface area contributed by atoms with E-state index in [4.69, 9.17) is 9.26 Å². The van der Waals surface area contributed by atoms with E-state index in [1.165, 1.54) is 31.4 Å². The van der Waals surface area contributed by atoms with E-state index in [0.717, 1.165) is 18.5 Å². The van der Waals surface area contributed by atoms with E-state index in [2.05, 4.69) is 29.2 Å². The topological polar surface area (TPSA) is 67.6 Å². The van der Waals surface area contributed by atoms with Crippen molar-refractivity contribution in [2.24, 2.45) is 0 Å². The monoisotopic (exact) mass is 403 g/mol. The van der Waals surface area contributed by atoms with Gasteiger partial charge in [-0.05, 0) is 57.4 Å². The first-order chi connectivity index (χ1) is 14.0. The molecule has 0 radical (unpaired) electrons. The van der Waals surface area contributed by atoms with Gasteiger partial charge < -0.3 is 14.6 Å². The summed E-state index contributed by atoms with van der Waals surface area (Å²) >= 11 is 0. The molecule has 7 heteroatoms. The van der Waals surface area contributed by atoms with Gasteiger partial charge in [0.2, 0.25) is 5.91 Å². The zero-order valence-electron chi connectivity index (χ0n) is 17.2. The fourth-order valence-corrected chi connectivity index (χ4v) is 3.83. The molecule has 6 nitrogen and oxygen atoms in total. The molecule has 0 bridgehead atoms. The average Bonchev–Trinajstić information content (AvgIpc) is 3.16. The van der Waals surface area contributed by atoms with Crippen LogP contribution in [0.2, 0.25) is 0 Å². The van der Waals surface area contributed by atoms with Gasteiger partial charge in [-0.1, -0.05) is 11.6 Å². The number of carbonyl (C=O) groups excluding carboxylic acids is 1. The molecule has 29 heavy (non-hydrogen) atoms. The molecular formula is C22H30FN3O3. The molecule has 1 saturated heterocycles. The lowest BCUT2D eigenvalue weighted by molar-refractivity contribution is -0.126. The van der Waals surface area contributed by atoms with E-state index < -0.39 is 0 Å². The first kappa shape index (κ1) is 21.5. The number of likely N-dealkylation sites (tertiary alicyclic amines) is 1. The molecular weight excluding hydrogens is 373 g/mol. The van der Waals surface area contributed by atoms with Crippen LogP contribution in [0, 0.1) is 5.82 Å². The molecule has 1 aromatic carbocycles. The Morgan fingerprint density at radius 3 is 2.72 bits per heavy atom. The van der Waals surface area contributed by atoms with Crippen LogP contribution in [0.5, 0.6) is 0 Å². The smallest absolute Gasteiger partial charge is 0.246 e. The number of piperidine rings is 1. The Morgan fingerprint density at radius 2 is 2.00 bits per heavy atom. The minimum absolute atomic E-state index is 0.0186. The molecule has 2 heterocycles. The lowest BCUT2D eigenvalue weighted by Crippen LogP contribution is -2.44. The van der Waals surface area contributed by atoms with Crippen LogP contribution >= 0.6 is 0 Å². The number of rotatable bonds is 9. The molecule has 0 unspecified atom stereocenters. The molecule has 158 valence electrons. The summed E-state index contributed by atoms with van der Waals surface area (Å²) in [6.45, 7) is 6.39. The first-order valence-electron chi connectivity index (χ1n) is 10.3. The van der Waals surface area contributed by atoms with Gasteiger partial charge in [0.05, 0.1) is 6.61 Å². The number of carbonyl (C=O) groups is 1. The lowest BCUT2D eigenvalue weighted by atomic mass is 9.97. The van der Waals surface area contributed by atoms with Crippen molar-refractivity contribution in [3.8, 4) is 11.3 Å². The summed E-state index contributed by atoms with van der Waals surface area (Å²) in [5.41, 5.74) is 1.32. The third-order valence-electron chi connectivity index (χ3n) is 5.46. The van der Waals surface area contributed by atoms with E-state index in [1.807, 2.05) is 0 Å². The molecule has 3 rings (SSSR count). The van der Waals surface area contributed by atoms with Gasteiger partial charge in [0.1, 0.15) is 18.1 Å². The number of nitrogens with zero attached hydrogens (tertiary/aromatic N) is 2. The number of nitrogens with one attached hydrogen (secondary N) is 1. The number of amides is 1. The standard InChI is InChI=1S/C22H30FN3O3/c1-16-5-3-6-17(2)26(16)12-4-11-24-22(27)15-28-14-20-13-21(29-25-20)18-7-9-19(23)10-8-18/h7-10,13,16-17H,3-6,11-12,14-15H2,1-2H3,(H,24,27)/t16-,17-/m1/s1. The van der Waals surface area contributed by atoms with Gasteiger partial charge in [-0.3, -0.25) is 9.69 Å². The first-order valence-corrected chi connectivity index (χ1v) is 10.3. The highest BCUT2D eigenvalue weighted by Gasteiger charge is 2.23. The van der Waals surface area contributed by atoms with Crippen molar-refractivity contribution in [2.45, 2.75) is 58.2 Å². The average molecular weight is 403 g/mol. The number of hydrogen-bond acceptors (Lipinski definition) is 5. The SMILES string of the molecule is C[C@@H]1CCC[C@@H](C)N1CCCNC(=O)COCc1cc(-c2ccc(F)cc2)on1. The molecule has 0 spiro atoms. The van der Waals surface area contributed by atoms with E-state index in [0.29, 0.717) is 30.1 Å². The van der Waals surface area contributed by atoms with Crippen LogP contribution < -0.4 is 5.32 Å². The van der Waals surface area contributed by atoms with E-state index >= 15 is 0 Å². The molecule has 2 aromatic rings. The molecule has 0 aliphatic carbocycles. The Hall–Kier alpha value is -2.25. The molecule has 1 aromatic heterocycles. The predicted molar refractivity (Wildman–Crippen MR) is 109 cm³/mol. The van der Waals surface area contributed by atoms with Gasteiger partial charge >= 0.3 is 0 Å². The van der Waals surface area contributed by atoms with Crippen molar-refractivity contribution in [1.82, 2.24) is 15.4 Å². The molecule has 1 amide bonds. The van der Waals surface area contributed by atoms with Crippen molar-refractivity contribution < 1.29 is 18.4 Å². The Kier molecular flexibility index (Phi) is 7.77. The number of benzene rings is 1. The number of aromatic nitrogens is 1. The zero-order valence-corrected chi connectivity index (χ0v) is 17.2. The van der Waals surface area contributed by atoms with Crippen LogP contribution in [-0.2, 0) is 16.1 Å². The number of ether oxygens (including phenoxy) is 1. The maximum absolute atomic E-state index is 13.0. The Labute approximate surface area is 171 Å². The fraction of sp³-hybridized carbons (Fsp3) is 0.545. The third-order valence-corrected chi connectivity index (χ3v) is 5.46. The van der Waals surface area contributed by atoms with Crippen LogP contribution in [0.4, 0.5) is 4.39 Å². The van der Waals surface area contributed by atoms with Gasteiger partial charge in [-0.15, -0.1) is 0 Å². The van der Waals surface area contributed by atoms with Crippen molar-refractivity contribution >= 4 is 5.91 Å². The Balaban J connectivity index is 1.31. The van der Waals surface area contributed by atoms with E-state index in [1.54, 1.807) is 18.2 Å². The van der Waals surface area contributed by atoms with Gasteiger partial charge in [-0.2, -0.15) is 0 Å². The zero-order chi connectivity index (χ0) is 20.6. The molecule has 1 aliphatic rings. The number of halogens is 1. The van der Waals surface area contributed by atoms with Gasteiger partial charge in [-0.25, -0.2) is 4.39 Å². The summed E-state index contributed by atoms with van der Waals surface area (Å²) in [6.07, 6.45) is 4.76. The summed E-state index contributed by atoms with van der Waals surface area (Å²) in [7, 11) is 0. The second-order valence-corrected chi connectivity index (χ2v) is 7.75. The number of hydrogen-bond donors (Lipinski definition) is 1. The molecule has 0 saturated carbocycles. The lowest BCUT2D eigenvalue weighted by Gasteiger charge is -2.39. The Morgan fingerprint density at radius 1 is 1.28 bits per heavy atom. The summed E-state index contributed by atoms with van der Waals surface area (Å²) < 4.78 is 23.7. The summed E-state index contributed by atoms with van der Waals surface area (Å²) in [5, 5.41) is 6.83. The quantitative estimate of drug-likeness (QED) is 0.646. The van der Waals surface area contributed by atoms with Crippen LogP contribution in [0.3, 0.4) is 0 Å². The maximum atomic E-state index is 13.0. The molecule has 2 atom stereocenters. The molecule has 1 aliphatic heterocycles. The fourth-order valence-electron chi connectivity index (χ4n) is 3.83. The normalized spacial score (nSPS) is 20.0. The van der Waals surface area contributed by atoms with E-state index in [9.17, 15) is 9.18 Å². The Bertz CT molecular complexity index is 768. The van der Waals surface area contributed by atoms with Crippen molar-refractivity contribution in [3.05, 3.63) is 41.8 Å². The van der Waals surface area contributed by atoms with E-state index in [-0.39, 0.29) is 24.9 Å². The molecule has 1 fully saturated rings. The van der Waals surface area contributed by atoms with Gasteiger partial charge in [0, 0.05) is 36.8 Å². The van der Waals surface area contributed by atoms with Crippen LogP contribution in [0.25, 0.3) is 11.3 Å². The van der Waals surface area contributed by atoms with Crippen LogP contribution in [0.1, 0.15) is 45.2 Å². The highest BCUT2D eigenvalue weighted by Crippen LogP contribution is 2.22. The third kappa shape index (κ3) is 6.37. The summed E-state index contributed by atoms with van der Waals surface area (Å²) in [6, 6.07) is 8.96. The van der Waals surface area contributed by atoms with Crippen molar-refractivity contribution in [1.29, 1.82) is 0 Å². The van der Waals surface area contributed by atoms with Crippen molar-refractivity contribution in [2.75, 3.05) is 19.7 Å². The van der Waals surface area contributed by atoms with Crippen LogP contribution in [-0.4, -0.2) is 47.7 Å². The van der Waals surface area contributed by atoms with Gasteiger partial charge in [0.25, 0.3) is 0 Å². The summed E-state index contributed by atoms with van der Waals surface area (Å²) in [4.78, 5) is 14.5. The van der Waals surface area contributed by atoms with Crippen LogP contribution in [0.15, 0.2) is 34.9 Å². The predicted octanol–water partition coefficient (Wildman–Crippen LogP) is 3.77. The highest BCUT2D eigenvalue weighted by molar-refractivity contribution is 5.77. The van der Waals surface area contributed by atoms with Crippen molar-refractivity contribution in [3.63, 3.8) is 0 Å². The molecule has 1 N–H and O–H groups in total. The maximum Gasteiger partial charge on any atom is 0.246 e.